The summed E-state index contributed by atoms with van der Waals surface area (Å²) in [6.07, 6.45) is 0.262. The molecule has 7 nitrogen and oxygen atoms in total. The van der Waals surface area contributed by atoms with E-state index in [-0.39, 0.29) is 12.0 Å². The average molecular weight is 342 g/mol. The lowest BCUT2D eigenvalue weighted by Gasteiger charge is -2.29. The van der Waals surface area contributed by atoms with Gasteiger partial charge in [-0.1, -0.05) is 18.2 Å². The van der Waals surface area contributed by atoms with Crippen LogP contribution in [0.2, 0.25) is 0 Å². The minimum atomic E-state index is -0.528. The molecule has 2 amide bonds. The van der Waals surface area contributed by atoms with Crippen LogP contribution in [-0.4, -0.2) is 39.2 Å². The van der Waals surface area contributed by atoms with Crippen molar-refractivity contribution in [2.45, 2.75) is 39.3 Å². The molecule has 2 aromatic rings. The minimum absolute atomic E-state index is 0.204. The van der Waals surface area contributed by atoms with Crippen LogP contribution in [0.1, 0.15) is 42.4 Å². The van der Waals surface area contributed by atoms with Gasteiger partial charge in [-0.25, -0.2) is 4.79 Å². The number of aromatic amines is 1. The van der Waals surface area contributed by atoms with Crippen molar-refractivity contribution in [3.8, 4) is 0 Å². The van der Waals surface area contributed by atoms with E-state index in [1.54, 1.807) is 17.0 Å². The third-order valence-corrected chi connectivity index (χ3v) is 3.85. The fourth-order valence-electron chi connectivity index (χ4n) is 2.67. The Hall–Kier alpha value is -2.83. The van der Waals surface area contributed by atoms with Crippen LogP contribution in [0.15, 0.2) is 30.3 Å². The van der Waals surface area contributed by atoms with Gasteiger partial charge in [0.1, 0.15) is 5.60 Å². The van der Waals surface area contributed by atoms with E-state index in [1.165, 1.54) is 0 Å². The van der Waals surface area contributed by atoms with E-state index >= 15 is 0 Å². The molecule has 0 fully saturated rings. The molecule has 0 aliphatic carbocycles. The Labute approximate surface area is 146 Å². The second-order valence-electron chi connectivity index (χ2n) is 7.00. The molecule has 132 valence electrons. The van der Waals surface area contributed by atoms with Gasteiger partial charge in [-0.15, -0.1) is 0 Å². The van der Waals surface area contributed by atoms with Gasteiger partial charge in [-0.05, 0) is 39.3 Å². The molecular formula is C18H22N4O3. The zero-order chi connectivity index (χ0) is 18.0. The summed E-state index contributed by atoms with van der Waals surface area (Å²) in [7, 11) is 0. The van der Waals surface area contributed by atoms with E-state index in [1.807, 2.05) is 39.0 Å². The smallest absolute Gasteiger partial charge is 0.410 e. The molecule has 1 aliphatic rings. The van der Waals surface area contributed by atoms with E-state index in [4.69, 9.17) is 4.74 Å². The van der Waals surface area contributed by atoms with Gasteiger partial charge in [0.25, 0.3) is 5.91 Å². The number of ether oxygens (including phenoxy) is 1. The van der Waals surface area contributed by atoms with Crippen molar-refractivity contribution in [1.82, 2.24) is 15.1 Å². The minimum Gasteiger partial charge on any atom is -0.444 e. The Morgan fingerprint density at radius 2 is 1.96 bits per heavy atom. The van der Waals surface area contributed by atoms with Crippen molar-refractivity contribution in [2.75, 3.05) is 11.9 Å². The van der Waals surface area contributed by atoms with Crippen LogP contribution in [0, 0.1) is 0 Å². The number of carbonyl (C=O) groups is 2. The predicted molar refractivity (Wildman–Crippen MR) is 93.3 cm³/mol. The molecule has 1 aromatic carbocycles. The predicted octanol–water partition coefficient (Wildman–Crippen LogP) is 2.96. The van der Waals surface area contributed by atoms with Gasteiger partial charge in [-0.3, -0.25) is 9.89 Å². The highest BCUT2D eigenvalue weighted by Crippen LogP contribution is 2.25. The maximum atomic E-state index is 12.3. The van der Waals surface area contributed by atoms with Crippen LogP contribution in [0.5, 0.6) is 0 Å². The molecule has 2 N–H and O–H groups in total. The Bertz CT molecular complexity index is 777. The third-order valence-electron chi connectivity index (χ3n) is 3.85. The Morgan fingerprint density at radius 3 is 2.64 bits per heavy atom. The van der Waals surface area contributed by atoms with Crippen molar-refractivity contribution >= 4 is 17.8 Å². The molecular weight excluding hydrogens is 320 g/mol. The molecule has 0 spiro atoms. The molecule has 1 aliphatic heterocycles. The van der Waals surface area contributed by atoms with Crippen molar-refractivity contribution in [2.24, 2.45) is 0 Å². The van der Waals surface area contributed by atoms with Gasteiger partial charge in [0.05, 0.1) is 12.2 Å². The zero-order valence-electron chi connectivity index (χ0n) is 14.6. The number of amides is 2. The molecule has 2 heterocycles. The van der Waals surface area contributed by atoms with Gasteiger partial charge in [0, 0.05) is 17.7 Å². The van der Waals surface area contributed by atoms with E-state index in [0.717, 1.165) is 11.3 Å². The highest BCUT2D eigenvalue weighted by atomic mass is 16.6. The van der Waals surface area contributed by atoms with E-state index < -0.39 is 5.60 Å². The highest BCUT2D eigenvalue weighted by molar-refractivity contribution is 6.04. The lowest BCUT2D eigenvalue weighted by Crippen LogP contribution is -2.39. The lowest BCUT2D eigenvalue weighted by atomic mass is 10.1. The number of nitrogens with one attached hydrogen (secondary N) is 2. The van der Waals surface area contributed by atoms with Gasteiger partial charge in [-0.2, -0.15) is 5.10 Å². The number of carbonyl (C=O) groups excluding carboxylic acids is 2. The normalized spacial score (nSPS) is 14.0. The second kappa shape index (κ2) is 6.58. The van der Waals surface area contributed by atoms with Gasteiger partial charge >= 0.3 is 6.09 Å². The summed E-state index contributed by atoms with van der Waals surface area (Å²) in [5.74, 6) is 0.317. The molecule has 25 heavy (non-hydrogen) atoms. The van der Waals surface area contributed by atoms with Crippen molar-refractivity contribution in [3.05, 3.63) is 47.2 Å². The zero-order valence-corrected chi connectivity index (χ0v) is 14.6. The van der Waals surface area contributed by atoms with Crippen molar-refractivity contribution in [3.63, 3.8) is 0 Å². The number of anilines is 1. The van der Waals surface area contributed by atoms with Crippen LogP contribution in [0.25, 0.3) is 0 Å². The highest BCUT2D eigenvalue weighted by Gasteiger charge is 2.28. The largest absolute Gasteiger partial charge is 0.444 e. The summed E-state index contributed by atoms with van der Waals surface area (Å²) >= 11 is 0. The first-order valence-electron chi connectivity index (χ1n) is 8.24. The Kier molecular flexibility index (Phi) is 4.48. The molecule has 0 saturated heterocycles. The SMILES string of the molecule is CC(C)(C)OC(=O)N1CCc2c(NC(=O)c3ccccc3)n[nH]c2C1. The number of rotatable bonds is 2. The fraction of sp³-hybridized carbons (Fsp3) is 0.389. The Balaban J connectivity index is 1.69. The maximum absolute atomic E-state index is 12.3. The van der Waals surface area contributed by atoms with Crippen LogP contribution in [0.3, 0.4) is 0 Å². The van der Waals surface area contributed by atoms with Gasteiger partial charge < -0.3 is 15.0 Å². The van der Waals surface area contributed by atoms with Crippen LogP contribution < -0.4 is 5.32 Å². The van der Waals surface area contributed by atoms with Crippen molar-refractivity contribution < 1.29 is 14.3 Å². The quantitative estimate of drug-likeness (QED) is 0.878. The molecule has 0 saturated carbocycles. The fourth-order valence-corrected chi connectivity index (χ4v) is 2.67. The van der Waals surface area contributed by atoms with E-state index in [9.17, 15) is 9.59 Å². The molecule has 0 bridgehead atoms. The first-order valence-corrected chi connectivity index (χ1v) is 8.24. The molecule has 0 unspecified atom stereocenters. The lowest BCUT2D eigenvalue weighted by molar-refractivity contribution is 0.0221. The topological polar surface area (TPSA) is 87.3 Å². The molecule has 0 atom stereocenters. The van der Waals surface area contributed by atoms with Gasteiger partial charge in [0.15, 0.2) is 5.82 Å². The second-order valence-corrected chi connectivity index (χ2v) is 7.00. The van der Waals surface area contributed by atoms with E-state index in [2.05, 4.69) is 15.5 Å². The number of fused-ring (bicyclic) bond motifs is 1. The first kappa shape index (κ1) is 17.0. The molecule has 1 aromatic heterocycles. The summed E-state index contributed by atoms with van der Waals surface area (Å²) in [5, 5.41) is 9.95. The molecule has 7 heteroatoms. The summed E-state index contributed by atoms with van der Waals surface area (Å²) in [6.45, 7) is 6.43. The summed E-state index contributed by atoms with van der Waals surface area (Å²) in [5.41, 5.74) is 1.80. The number of hydrogen-bond acceptors (Lipinski definition) is 4. The summed E-state index contributed by atoms with van der Waals surface area (Å²) < 4.78 is 5.40. The number of hydrogen-bond donors (Lipinski definition) is 2. The number of aromatic nitrogens is 2. The summed E-state index contributed by atoms with van der Waals surface area (Å²) in [4.78, 5) is 26.1. The van der Waals surface area contributed by atoms with Crippen molar-refractivity contribution in [1.29, 1.82) is 0 Å². The third kappa shape index (κ3) is 3.99. The van der Waals surface area contributed by atoms with E-state index in [0.29, 0.717) is 30.9 Å². The standard InChI is InChI=1S/C18H22N4O3/c1-18(2,3)25-17(24)22-10-9-13-14(11-22)20-21-15(13)19-16(23)12-7-5-4-6-8-12/h4-8H,9-11H2,1-3H3,(H2,19,20,21,23). The van der Waals surface area contributed by atoms with Crippen LogP contribution >= 0.6 is 0 Å². The number of benzene rings is 1. The first-order chi connectivity index (χ1) is 11.8. The monoisotopic (exact) mass is 342 g/mol. The molecule has 3 rings (SSSR count). The molecule has 0 radical (unpaired) electrons. The maximum Gasteiger partial charge on any atom is 0.410 e. The Morgan fingerprint density at radius 1 is 1.24 bits per heavy atom. The number of H-pyrrole nitrogens is 1. The van der Waals surface area contributed by atoms with Gasteiger partial charge in [0.2, 0.25) is 0 Å². The van der Waals surface area contributed by atoms with Crippen LogP contribution in [0.4, 0.5) is 10.6 Å². The van der Waals surface area contributed by atoms with Crippen LogP contribution in [-0.2, 0) is 17.7 Å². The number of nitrogens with zero attached hydrogens (tertiary/aromatic N) is 2. The average Bonchev–Trinajstić information content (AvgIpc) is 2.96. The summed E-state index contributed by atoms with van der Waals surface area (Å²) in [6, 6.07) is 8.98.